The zero-order valence-corrected chi connectivity index (χ0v) is 18.7. The number of pyridine rings is 1. The second-order valence-corrected chi connectivity index (χ2v) is 8.32. The highest BCUT2D eigenvalue weighted by atomic mass is 16.6. The zero-order chi connectivity index (χ0) is 24.2. The van der Waals surface area contributed by atoms with Gasteiger partial charge in [-0.15, -0.1) is 0 Å². The fraction of sp³-hybridized carbons (Fsp3) is 0.208. The molecular formula is C24H24N4O5. The first-order chi connectivity index (χ1) is 15.6. The smallest absolute Gasteiger partial charge is 0.337 e. The van der Waals surface area contributed by atoms with Crippen LogP contribution in [0.5, 0.6) is 0 Å². The zero-order valence-electron chi connectivity index (χ0n) is 18.7. The van der Waals surface area contributed by atoms with Gasteiger partial charge < -0.3 is 15.4 Å². The Hall–Kier alpha value is -4.27. The molecule has 1 amide bonds. The number of hydrogen-bond acceptors (Lipinski definition) is 7. The van der Waals surface area contributed by atoms with Crippen LogP contribution in [0, 0.1) is 10.1 Å². The van der Waals surface area contributed by atoms with Crippen LogP contribution in [0.15, 0.2) is 60.8 Å². The number of esters is 1. The van der Waals surface area contributed by atoms with Crippen LogP contribution in [0.3, 0.4) is 0 Å². The maximum absolute atomic E-state index is 12.4. The molecule has 0 saturated carbocycles. The molecule has 170 valence electrons. The third-order valence-corrected chi connectivity index (χ3v) is 4.91. The van der Waals surface area contributed by atoms with Gasteiger partial charge in [-0.1, -0.05) is 26.8 Å². The van der Waals surface area contributed by atoms with E-state index in [9.17, 15) is 19.7 Å². The van der Waals surface area contributed by atoms with Crippen LogP contribution in [-0.2, 0) is 10.2 Å². The average molecular weight is 448 g/mol. The van der Waals surface area contributed by atoms with E-state index in [-0.39, 0.29) is 11.1 Å². The summed E-state index contributed by atoms with van der Waals surface area (Å²) in [5.74, 6) is -0.575. The molecule has 3 aromatic rings. The standard InChI is InChI=1S/C24H24N4O5/c1-24(2,3)17-9-11-20(28(31)32)19(13-17)26-18-10-12-21(25-14-18)27-22(29)15-5-7-16(8-6-15)23(30)33-4/h5-14,26H,1-4H3,(H,25,27,29). The van der Waals surface area contributed by atoms with E-state index in [1.165, 1.54) is 43.6 Å². The number of anilines is 3. The predicted octanol–water partition coefficient (Wildman–Crippen LogP) is 5.07. The Morgan fingerprint density at radius 1 is 1.00 bits per heavy atom. The lowest BCUT2D eigenvalue weighted by molar-refractivity contribution is -0.383. The molecule has 9 heteroatoms. The van der Waals surface area contributed by atoms with Crippen molar-refractivity contribution in [2.24, 2.45) is 0 Å². The van der Waals surface area contributed by atoms with Crippen molar-refractivity contribution >= 4 is 34.8 Å². The minimum Gasteiger partial charge on any atom is -0.465 e. The van der Waals surface area contributed by atoms with Crippen LogP contribution in [0.2, 0.25) is 0 Å². The third kappa shape index (κ3) is 5.70. The number of hydrogen-bond donors (Lipinski definition) is 2. The molecule has 9 nitrogen and oxygen atoms in total. The van der Waals surface area contributed by atoms with Crippen molar-refractivity contribution < 1.29 is 19.2 Å². The molecule has 0 fully saturated rings. The lowest BCUT2D eigenvalue weighted by atomic mass is 9.86. The number of aromatic nitrogens is 1. The molecule has 0 spiro atoms. The number of rotatable bonds is 6. The summed E-state index contributed by atoms with van der Waals surface area (Å²) in [6.45, 7) is 6.08. The monoisotopic (exact) mass is 448 g/mol. The lowest BCUT2D eigenvalue weighted by Crippen LogP contribution is -2.13. The number of nitrogens with one attached hydrogen (secondary N) is 2. The van der Waals surface area contributed by atoms with Gasteiger partial charge in [0.05, 0.1) is 29.5 Å². The van der Waals surface area contributed by atoms with Crippen molar-refractivity contribution in [1.82, 2.24) is 4.98 Å². The quantitative estimate of drug-likeness (QED) is 0.306. The number of nitro groups is 1. The summed E-state index contributed by atoms with van der Waals surface area (Å²) < 4.78 is 4.64. The fourth-order valence-corrected chi connectivity index (χ4v) is 3.02. The first-order valence-corrected chi connectivity index (χ1v) is 10.1. The van der Waals surface area contributed by atoms with E-state index in [4.69, 9.17) is 0 Å². The molecule has 0 aliphatic heterocycles. The molecule has 1 heterocycles. The molecular weight excluding hydrogens is 424 g/mol. The Morgan fingerprint density at radius 3 is 2.21 bits per heavy atom. The van der Waals surface area contributed by atoms with Gasteiger partial charge in [-0.05, 0) is 53.4 Å². The highest BCUT2D eigenvalue weighted by Gasteiger charge is 2.20. The van der Waals surface area contributed by atoms with Gasteiger partial charge in [0, 0.05) is 11.6 Å². The van der Waals surface area contributed by atoms with Crippen LogP contribution >= 0.6 is 0 Å². The number of methoxy groups -OCH3 is 1. The normalized spacial score (nSPS) is 10.9. The van der Waals surface area contributed by atoms with E-state index in [0.29, 0.717) is 28.3 Å². The minimum absolute atomic E-state index is 0.0456. The number of carbonyl (C=O) groups excluding carboxylic acids is 2. The predicted molar refractivity (Wildman–Crippen MR) is 125 cm³/mol. The van der Waals surface area contributed by atoms with Gasteiger partial charge in [0.2, 0.25) is 0 Å². The van der Waals surface area contributed by atoms with Gasteiger partial charge in [0.1, 0.15) is 11.5 Å². The second-order valence-electron chi connectivity index (χ2n) is 8.32. The van der Waals surface area contributed by atoms with Gasteiger partial charge in [0.25, 0.3) is 11.6 Å². The Labute approximate surface area is 191 Å². The number of benzene rings is 2. The second kappa shape index (κ2) is 9.47. The van der Waals surface area contributed by atoms with Crippen molar-refractivity contribution in [3.8, 4) is 0 Å². The van der Waals surface area contributed by atoms with E-state index in [1.54, 1.807) is 24.3 Å². The molecule has 0 atom stereocenters. The van der Waals surface area contributed by atoms with Crippen molar-refractivity contribution in [2.75, 3.05) is 17.7 Å². The fourth-order valence-electron chi connectivity index (χ4n) is 3.02. The van der Waals surface area contributed by atoms with Crippen molar-refractivity contribution in [3.63, 3.8) is 0 Å². The SMILES string of the molecule is COC(=O)c1ccc(C(=O)Nc2ccc(Nc3cc(C(C)(C)C)ccc3[N+](=O)[O-])cn2)cc1. The Bertz CT molecular complexity index is 1180. The van der Waals surface area contributed by atoms with E-state index in [0.717, 1.165) is 5.56 Å². The van der Waals surface area contributed by atoms with Crippen molar-refractivity contribution in [1.29, 1.82) is 0 Å². The summed E-state index contributed by atoms with van der Waals surface area (Å²) >= 11 is 0. The van der Waals surface area contributed by atoms with Crippen molar-refractivity contribution in [2.45, 2.75) is 26.2 Å². The van der Waals surface area contributed by atoms with Crippen molar-refractivity contribution in [3.05, 3.63) is 87.6 Å². The van der Waals surface area contributed by atoms with Gasteiger partial charge >= 0.3 is 5.97 Å². The van der Waals surface area contributed by atoms with Gasteiger partial charge in [0.15, 0.2) is 0 Å². The Morgan fingerprint density at radius 2 is 1.67 bits per heavy atom. The van der Waals surface area contributed by atoms with E-state index in [2.05, 4.69) is 20.4 Å². The number of nitro benzene ring substituents is 1. The maximum Gasteiger partial charge on any atom is 0.337 e. The van der Waals surface area contributed by atoms with Crippen LogP contribution in [-0.4, -0.2) is 28.9 Å². The summed E-state index contributed by atoms with van der Waals surface area (Å²) in [7, 11) is 1.28. The lowest BCUT2D eigenvalue weighted by Gasteiger charge is -2.20. The molecule has 2 aromatic carbocycles. The number of ether oxygens (including phenoxy) is 1. The highest BCUT2D eigenvalue weighted by Crippen LogP contribution is 2.33. The molecule has 0 radical (unpaired) electrons. The average Bonchev–Trinajstić information content (AvgIpc) is 2.79. The highest BCUT2D eigenvalue weighted by molar-refractivity contribution is 6.04. The summed E-state index contributed by atoms with van der Waals surface area (Å²) in [6.07, 6.45) is 1.48. The molecule has 0 bridgehead atoms. The summed E-state index contributed by atoms with van der Waals surface area (Å²) in [6, 6.07) is 14.3. The van der Waals surface area contributed by atoms with E-state index < -0.39 is 16.8 Å². The molecule has 3 rings (SSSR count). The van der Waals surface area contributed by atoms with Crippen LogP contribution in [0.4, 0.5) is 22.9 Å². The number of amides is 1. The summed E-state index contributed by atoms with van der Waals surface area (Å²) in [4.78, 5) is 39.1. The summed E-state index contributed by atoms with van der Waals surface area (Å²) in [5.41, 5.74) is 2.31. The number of carbonyl (C=O) groups is 2. The molecule has 2 N–H and O–H groups in total. The first kappa shape index (κ1) is 23.4. The molecule has 0 aliphatic carbocycles. The number of nitrogens with zero attached hydrogens (tertiary/aromatic N) is 2. The molecule has 0 saturated heterocycles. The minimum atomic E-state index is -0.486. The van der Waals surface area contributed by atoms with Crippen LogP contribution in [0.1, 0.15) is 47.1 Å². The Balaban J connectivity index is 1.74. The van der Waals surface area contributed by atoms with Crippen LogP contribution < -0.4 is 10.6 Å². The third-order valence-electron chi connectivity index (χ3n) is 4.91. The molecule has 1 aromatic heterocycles. The molecule has 33 heavy (non-hydrogen) atoms. The van der Waals surface area contributed by atoms with E-state index in [1.807, 2.05) is 20.8 Å². The molecule has 0 unspecified atom stereocenters. The van der Waals surface area contributed by atoms with Gasteiger partial charge in [-0.2, -0.15) is 0 Å². The topological polar surface area (TPSA) is 123 Å². The van der Waals surface area contributed by atoms with Crippen LogP contribution in [0.25, 0.3) is 0 Å². The Kier molecular flexibility index (Phi) is 6.72. The maximum atomic E-state index is 12.4. The largest absolute Gasteiger partial charge is 0.465 e. The molecule has 0 aliphatic rings. The summed E-state index contributed by atoms with van der Waals surface area (Å²) in [5, 5.41) is 17.1. The van der Waals surface area contributed by atoms with Gasteiger partial charge in [-0.3, -0.25) is 14.9 Å². The van der Waals surface area contributed by atoms with E-state index >= 15 is 0 Å². The van der Waals surface area contributed by atoms with Gasteiger partial charge in [-0.25, -0.2) is 9.78 Å². The first-order valence-electron chi connectivity index (χ1n) is 10.1.